The van der Waals surface area contributed by atoms with E-state index in [9.17, 15) is 0 Å². The van der Waals surface area contributed by atoms with Crippen LogP contribution < -0.4 is 5.32 Å². The van der Waals surface area contributed by atoms with E-state index in [0.29, 0.717) is 18.0 Å². The first-order chi connectivity index (χ1) is 8.72. The first kappa shape index (κ1) is 15.9. The van der Waals surface area contributed by atoms with Crippen LogP contribution in [0.5, 0.6) is 0 Å². The molecule has 1 heterocycles. The highest BCUT2D eigenvalue weighted by molar-refractivity contribution is 4.82. The molecule has 1 aliphatic rings. The predicted molar refractivity (Wildman–Crippen MR) is 78.0 cm³/mol. The Morgan fingerprint density at radius 2 is 2.17 bits per heavy atom. The average molecular weight is 256 g/mol. The molecule has 0 spiro atoms. The predicted octanol–water partition coefficient (Wildman–Crippen LogP) is 2.51. The van der Waals surface area contributed by atoms with Crippen LogP contribution in [0.2, 0.25) is 0 Å². The summed E-state index contributed by atoms with van der Waals surface area (Å²) < 4.78 is 5.53. The third kappa shape index (κ3) is 4.87. The van der Waals surface area contributed by atoms with Gasteiger partial charge < -0.3 is 10.1 Å². The van der Waals surface area contributed by atoms with Crippen LogP contribution in [-0.4, -0.2) is 50.3 Å². The standard InChI is InChI=1S/C15H32N2O/c1-5-7-9-17(13(3)6-2)11-15(16-4)14-8-10-18-12-14/h13-16H,5-12H2,1-4H3. The minimum absolute atomic E-state index is 0.582. The fourth-order valence-electron chi connectivity index (χ4n) is 2.71. The SMILES string of the molecule is CCCCN(CC(NC)C1CCOC1)C(C)CC. The molecular formula is C15H32N2O. The number of hydrogen-bond donors (Lipinski definition) is 1. The molecule has 1 fully saturated rings. The van der Waals surface area contributed by atoms with Gasteiger partial charge >= 0.3 is 0 Å². The van der Waals surface area contributed by atoms with Crippen molar-refractivity contribution in [2.75, 3.05) is 33.4 Å². The Hall–Kier alpha value is -0.120. The van der Waals surface area contributed by atoms with Gasteiger partial charge in [0, 0.05) is 31.2 Å². The molecule has 1 saturated heterocycles. The molecule has 1 N–H and O–H groups in total. The van der Waals surface area contributed by atoms with Crippen LogP contribution in [0.3, 0.4) is 0 Å². The molecule has 1 aliphatic heterocycles. The Morgan fingerprint density at radius 1 is 1.39 bits per heavy atom. The van der Waals surface area contributed by atoms with Crippen molar-refractivity contribution < 1.29 is 4.74 Å². The summed E-state index contributed by atoms with van der Waals surface area (Å²) in [7, 11) is 2.09. The lowest BCUT2D eigenvalue weighted by atomic mass is 9.98. The van der Waals surface area contributed by atoms with Crippen molar-refractivity contribution in [3.63, 3.8) is 0 Å². The van der Waals surface area contributed by atoms with Crippen LogP contribution in [0, 0.1) is 5.92 Å². The molecular weight excluding hydrogens is 224 g/mol. The lowest BCUT2D eigenvalue weighted by molar-refractivity contribution is 0.143. The van der Waals surface area contributed by atoms with Gasteiger partial charge in [0.25, 0.3) is 0 Å². The van der Waals surface area contributed by atoms with E-state index in [2.05, 4.69) is 38.0 Å². The summed E-state index contributed by atoms with van der Waals surface area (Å²) >= 11 is 0. The number of nitrogens with zero attached hydrogens (tertiary/aromatic N) is 1. The molecule has 0 aromatic heterocycles. The van der Waals surface area contributed by atoms with Crippen molar-refractivity contribution in [2.45, 2.75) is 58.5 Å². The minimum Gasteiger partial charge on any atom is -0.381 e. The molecule has 3 unspecified atom stereocenters. The van der Waals surface area contributed by atoms with Crippen LogP contribution in [-0.2, 0) is 4.74 Å². The molecule has 1 rings (SSSR count). The number of hydrogen-bond acceptors (Lipinski definition) is 3. The molecule has 0 radical (unpaired) electrons. The molecule has 18 heavy (non-hydrogen) atoms. The van der Waals surface area contributed by atoms with Gasteiger partial charge in [-0.05, 0) is 39.8 Å². The highest BCUT2D eigenvalue weighted by atomic mass is 16.5. The molecule has 0 aromatic rings. The van der Waals surface area contributed by atoms with Crippen molar-refractivity contribution in [3.05, 3.63) is 0 Å². The fourth-order valence-corrected chi connectivity index (χ4v) is 2.71. The summed E-state index contributed by atoms with van der Waals surface area (Å²) in [6.07, 6.45) is 5.04. The minimum atomic E-state index is 0.582. The van der Waals surface area contributed by atoms with Gasteiger partial charge in [0.2, 0.25) is 0 Å². The zero-order valence-corrected chi connectivity index (χ0v) is 12.7. The van der Waals surface area contributed by atoms with Gasteiger partial charge in [-0.15, -0.1) is 0 Å². The Morgan fingerprint density at radius 3 is 2.67 bits per heavy atom. The molecule has 108 valence electrons. The van der Waals surface area contributed by atoms with Crippen LogP contribution in [0.25, 0.3) is 0 Å². The van der Waals surface area contributed by atoms with Crippen molar-refractivity contribution >= 4 is 0 Å². The summed E-state index contributed by atoms with van der Waals surface area (Å²) in [5.41, 5.74) is 0. The number of nitrogens with one attached hydrogen (secondary N) is 1. The zero-order chi connectivity index (χ0) is 13.4. The van der Waals surface area contributed by atoms with E-state index < -0.39 is 0 Å². The van der Waals surface area contributed by atoms with E-state index in [4.69, 9.17) is 4.74 Å². The monoisotopic (exact) mass is 256 g/mol. The first-order valence-corrected chi connectivity index (χ1v) is 7.71. The molecule has 3 heteroatoms. The summed E-state index contributed by atoms with van der Waals surface area (Å²) in [5.74, 6) is 0.697. The second-order valence-corrected chi connectivity index (χ2v) is 5.62. The van der Waals surface area contributed by atoms with Gasteiger partial charge in [0.15, 0.2) is 0 Å². The number of rotatable bonds is 9. The quantitative estimate of drug-likeness (QED) is 0.686. The van der Waals surface area contributed by atoms with Crippen molar-refractivity contribution in [2.24, 2.45) is 5.92 Å². The number of ether oxygens (including phenoxy) is 1. The van der Waals surface area contributed by atoms with Crippen molar-refractivity contribution in [1.29, 1.82) is 0 Å². The molecule has 0 bridgehead atoms. The Labute approximate surface area is 113 Å². The Bertz CT molecular complexity index is 205. The van der Waals surface area contributed by atoms with Crippen LogP contribution in [0.15, 0.2) is 0 Å². The highest BCUT2D eigenvalue weighted by Gasteiger charge is 2.27. The van der Waals surface area contributed by atoms with Gasteiger partial charge in [-0.3, -0.25) is 4.90 Å². The van der Waals surface area contributed by atoms with Gasteiger partial charge in [-0.2, -0.15) is 0 Å². The molecule has 0 saturated carbocycles. The largest absolute Gasteiger partial charge is 0.381 e. The van der Waals surface area contributed by atoms with Crippen LogP contribution in [0.4, 0.5) is 0 Å². The van der Waals surface area contributed by atoms with Crippen LogP contribution >= 0.6 is 0 Å². The topological polar surface area (TPSA) is 24.5 Å². The van der Waals surface area contributed by atoms with Gasteiger partial charge in [0.1, 0.15) is 0 Å². The maximum Gasteiger partial charge on any atom is 0.0510 e. The van der Waals surface area contributed by atoms with E-state index in [0.717, 1.165) is 13.2 Å². The van der Waals surface area contributed by atoms with Gasteiger partial charge in [-0.1, -0.05) is 20.3 Å². The second kappa shape index (κ2) is 8.89. The lowest BCUT2D eigenvalue weighted by Crippen LogP contribution is -2.47. The van der Waals surface area contributed by atoms with E-state index in [-0.39, 0.29) is 0 Å². The molecule has 0 aliphatic carbocycles. The van der Waals surface area contributed by atoms with Gasteiger partial charge in [-0.25, -0.2) is 0 Å². The van der Waals surface area contributed by atoms with Crippen molar-refractivity contribution in [1.82, 2.24) is 10.2 Å². The van der Waals surface area contributed by atoms with Crippen molar-refractivity contribution in [3.8, 4) is 0 Å². The maximum atomic E-state index is 5.53. The Balaban J connectivity index is 2.49. The summed E-state index contributed by atoms with van der Waals surface area (Å²) in [6.45, 7) is 11.2. The molecule has 0 aromatic carbocycles. The Kier molecular flexibility index (Phi) is 7.87. The molecule has 0 amide bonds. The van der Waals surface area contributed by atoms with Gasteiger partial charge in [0.05, 0.1) is 6.61 Å². The van der Waals surface area contributed by atoms with E-state index in [1.165, 1.54) is 38.8 Å². The van der Waals surface area contributed by atoms with E-state index >= 15 is 0 Å². The highest BCUT2D eigenvalue weighted by Crippen LogP contribution is 2.19. The third-order valence-corrected chi connectivity index (χ3v) is 4.35. The van der Waals surface area contributed by atoms with E-state index in [1.807, 2.05) is 0 Å². The maximum absolute atomic E-state index is 5.53. The number of unbranched alkanes of at least 4 members (excludes halogenated alkanes) is 1. The number of likely N-dealkylation sites (N-methyl/N-ethyl adjacent to an activating group) is 1. The zero-order valence-electron chi connectivity index (χ0n) is 12.7. The molecule has 3 atom stereocenters. The first-order valence-electron chi connectivity index (χ1n) is 7.71. The molecule has 3 nitrogen and oxygen atoms in total. The summed E-state index contributed by atoms with van der Waals surface area (Å²) in [4.78, 5) is 2.66. The van der Waals surface area contributed by atoms with Crippen LogP contribution in [0.1, 0.15) is 46.5 Å². The van der Waals surface area contributed by atoms with E-state index in [1.54, 1.807) is 0 Å². The fraction of sp³-hybridized carbons (Fsp3) is 1.00. The average Bonchev–Trinajstić information content (AvgIpc) is 2.92. The second-order valence-electron chi connectivity index (χ2n) is 5.62. The lowest BCUT2D eigenvalue weighted by Gasteiger charge is -2.34. The third-order valence-electron chi connectivity index (χ3n) is 4.35. The summed E-state index contributed by atoms with van der Waals surface area (Å²) in [6, 6.07) is 1.27. The normalized spacial score (nSPS) is 23.5. The smallest absolute Gasteiger partial charge is 0.0510 e. The summed E-state index contributed by atoms with van der Waals surface area (Å²) in [5, 5.41) is 3.51.